The highest BCUT2D eigenvalue weighted by molar-refractivity contribution is 7.09. The van der Waals surface area contributed by atoms with Gasteiger partial charge >= 0.3 is 0 Å². The third kappa shape index (κ3) is 3.30. The molecule has 0 aliphatic rings. The predicted octanol–water partition coefficient (Wildman–Crippen LogP) is 3.24. The number of nitrogens with zero attached hydrogens (tertiary/aromatic N) is 1. The Morgan fingerprint density at radius 3 is 2.79 bits per heavy atom. The number of hydrogen-bond acceptors (Lipinski definition) is 4. The number of halogens is 1. The van der Waals surface area contributed by atoms with E-state index in [1.807, 2.05) is 17.5 Å². The van der Waals surface area contributed by atoms with Crippen molar-refractivity contribution in [2.24, 2.45) is 0 Å². The molecule has 98 valence electrons. The first-order chi connectivity index (χ1) is 9.08. The van der Waals surface area contributed by atoms with Gasteiger partial charge in [-0.1, -0.05) is 17.7 Å². The molecule has 0 bridgehead atoms. The van der Waals surface area contributed by atoms with Gasteiger partial charge in [0.05, 0.1) is 11.5 Å². The quantitative estimate of drug-likeness (QED) is 0.695. The molecule has 0 saturated carbocycles. The van der Waals surface area contributed by atoms with Crippen molar-refractivity contribution in [2.75, 3.05) is 0 Å². The Bertz CT molecular complexity index is 613. The zero-order valence-corrected chi connectivity index (χ0v) is 11.2. The highest BCUT2D eigenvalue weighted by atomic mass is 35.5. The van der Waals surface area contributed by atoms with Crippen LogP contribution in [0.4, 0.5) is 5.69 Å². The average molecular weight is 297 g/mol. The summed E-state index contributed by atoms with van der Waals surface area (Å²) in [4.78, 5) is 22.9. The van der Waals surface area contributed by atoms with Gasteiger partial charge in [-0.2, -0.15) is 0 Å². The van der Waals surface area contributed by atoms with E-state index in [0.29, 0.717) is 12.1 Å². The van der Waals surface area contributed by atoms with E-state index >= 15 is 0 Å². The first-order valence-corrected chi connectivity index (χ1v) is 6.58. The molecule has 0 aliphatic heterocycles. The summed E-state index contributed by atoms with van der Waals surface area (Å²) in [6.07, 6.45) is 0. The van der Waals surface area contributed by atoms with Gasteiger partial charge in [0.2, 0.25) is 0 Å². The van der Waals surface area contributed by atoms with Gasteiger partial charge in [0.1, 0.15) is 5.02 Å². The maximum atomic E-state index is 11.8. The van der Waals surface area contributed by atoms with E-state index in [-0.39, 0.29) is 16.6 Å². The molecule has 1 aromatic carbocycles. The Morgan fingerprint density at radius 2 is 2.21 bits per heavy atom. The molecule has 0 unspecified atom stereocenters. The SMILES string of the molecule is O=C(NCc1cccs1)c1ccc([N+](=O)[O-])c(Cl)c1. The number of nitro groups is 1. The number of carbonyl (C=O) groups excluding carboxylic acids is 1. The molecule has 0 aliphatic carbocycles. The molecule has 0 atom stereocenters. The second-order valence-corrected chi connectivity index (χ2v) is 5.12. The van der Waals surface area contributed by atoms with Gasteiger partial charge in [0.25, 0.3) is 11.6 Å². The molecule has 0 radical (unpaired) electrons. The summed E-state index contributed by atoms with van der Waals surface area (Å²) in [6.45, 7) is 0.422. The number of carbonyl (C=O) groups is 1. The van der Waals surface area contributed by atoms with E-state index in [1.54, 1.807) is 0 Å². The van der Waals surface area contributed by atoms with Gasteiger partial charge < -0.3 is 5.32 Å². The van der Waals surface area contributed by atoms with Crippen LogP contribution in [0.3, 0.4) is 0 Å². The molecule has 2 rings (SSSR count). The molecule has 19 heavy (non-hydrogen) atoms. The lowest BCUT2D eigenvalue weighted by Crippen LogP contribution is -2.22. The minimum atomic E-state index is -0.588. The number of rotatable bonds is 4. The van der Waals surface area contributed by atoms with Crippen molar-refractivity contribution in [3.8, 4) is 0 Å². The Kier molecular flexibility index (Phi) is 4.13. The molecule has 2 aromatic rings. The highest BCUT2D eigenvalue weighted by Crippen LogP contribution is 2.24. The second kappa shape index (κ2) is 5.81. The van der Waals surface area contributed by atoms with Gasteiger partial charge in [0.15, 0.2) is 0 Å². The van der Waals surface area contributed by atoms with Gasteiger partial charge in [-0.05, 0) is 23.6 Å². The third-order valence-electron chi connectivity index (χ3n) is 2.41. The van der Waals surface area contributed by atoms with Crippen LogP contribution in [0.15, 0.2) is 35.7 Å². The Hall–Kier alpha value is -1.92. The molecule has 5 nitrogen and oxygen atoms in total. The molecule has 0 fully saturated rings. The van der Waals surface area contributed by atoms with E-state index in [9.17, 15) is 14.9 Å². The number of thiophene rings is 1. The van der Waals surface area contributed by atoms with Crippen LogP contribution in [0.2, 0.25) is 5.02 Å². The summed E-state index contributed by atoms with van der Waals surface area (Å²) in [7, 11) is 0. The predicted molar refractivity (Wildman–Crippen MR) is 73.6 cm³/mol. The fraction of sp³-hybridized carbons (Fsp3) is 0.0833. The van der Waals surface area contributed by atoms with Crippen molar-refractivity contribution in [1.29, 1.82) is 0 Å². The van der Waals surface area contributed by atoms with Gasteiger partial charge in [0, 0.05) is 16.5 Å². The summed E-state index contributed by atoms with van der Waals surface area (Å²) in [5, 5.41) is 15.2. The number of amides is 1. The maximum Gasteiger partial charge on any atom is 0.287 e. The summed E-state index contributed by atoms with van der Waals surface area (Å²) >= 11 is 7.29. The molecular formula is C12H9ClN2O3S. The van der Waals surface area contributed by atoms with Gasteiger partial charge in [-0.15, -0.1) is 11.3 Å². The summed E-state index contributed by atoms with van der Waals surface area (Å²) in [6, 6.07) is 7.71. The lowest BCUT2D eigenvalue weighted by molar-refractivity contribution is -0.384. The van der Waals surface area contributed by atoms with Crippen molar-refractivity contribution >= 4 is 34.5 Å². The lowest BCUT2D eigenvalue weighted by atomic mass is 10.2. The van der Waals surface area contributed by atoms with E-state index < -0.39 is 4.92 Å². The van der Waals surface area contributed by atoms with Crippen LogP contribution in [0.5, 0.6) is 0 Å². The van der Waals surface area contributed by atoms with Crippen molar-refractivity contribution in [3.05, 3.63) is 61.3 Å². The summed E-state index contributed by atoms with van der Waals surface area (Å²) in [5.74, 6) is -0.315. The smallest absolute Gasteiger partial charge is 0.287 e. The molecule has 1 aromatic heterocycles. The standard InChI is InChI=1S/C12H9ClN2O3S/c13-10-6-8(3-4-11(10)15(17)18)12(16)14-7-9-2-1-5-19-9/h1-6H,7H2,(H,14,16). The first kappa shape index (κ1) is 13.5. The van der Waals surface area contributed by atoms with E-state index in [1.165, 1.54) is 29.5 Å². The molecule has 1 heterocycles. The van der Waals surface area contributed by atoms with E-state index in [4.69, 9.17) is 11.6 Å². The topological polar surface area (TPSA) is 72.2 Å². The fourth-order valence-corrected chi connectivity index (χ4v) is 2.37. The second-order valence-electron chi connectivity index (χ2n) is 3.69. The molecule has 1 amide bonds. The lowest BCUT2D eigenvalue weighted by Gasteiger charge is -2.04. The minimum Gasteiger partial charge on any atom is -0.347 e. The summed E-state index contributed by atoms with van der Waals surface area (Å²) < 4.78 is 0. The Morgan fingerprint density at radius 1 is 1.42 bits per heavy atom. The Balaban J connectivity index is 2.07. The zero-order valence-electron chi connectivity index (χ0n) is 9.63. The number of nitro benzene ring substituents is 1. The largest absolute Gasteiger partial charge is 0.347 e. The highest BCUT2D eigenvalue weighted by Gasteiger charge is 2.15. The van der Waals surface area contributed by atoms with Crippen LogP contribution in [0.1, 0.15) is 15.2 Å². The zero-order chi connectivity index (χ0) is 13.8. The average Bonchev–Trinajstić information content (AvgIpc) is 2.88. The van der Waals surface area contributed by atoms with E-state index in [2.05, 4.69) is 5.32 Å². The maximum absolute atomic E-state index is 11.8. The first-order valence-electron chi connectivity index (χ1n) is 5.32. The van der Waals surface area contributed by atoms with Crippen LogP contribution < -0.4 is 5.32 Å². The van der Waals surface area contributed by atoms with Crippen LogP contribution in [-0.4, -0.2) is 10.8 Å². The molecule has 0 spiro atoms. The van der Waals surface area contributed by atoms with Crippen LogP contribution in [-0.2, 0) is 6.54 Å². The molecular weight excluding hydrogens is 288 g/mol. The molecule has 7 heteroatoms. The van der Waals surface area contributed by atoms with Crippen LogP contribution in [0, 0.1) is 10.1 Å². The van der Waals surface area contributed by atoms with Gasteiger partial charge in [-0.3, -0.25) is 14.9 Å². The Labute approximate surface area is 118 Å². The molecule has 0 saturated heterocycles. The number of nitrogens with one attached hydrogen (secondary N) is 1. The van der Waals surface area contributed by atoms with Crippen molar-refractivity contribution in [3.63, 3.8) is 0 Å². The van der Waals surface area contributed by atoms with Crippen molar-refractivity contribution < 1.29 is 9.72 Å². The fourth-order valence-electron chi connectivity index (χ4n) is 1.48. The number of benzene rings is 1. The van der Waals surface area contributed by atoms with Crippen molar-refractivity contribution in [1.82, 2.24) is 5.32 Å². The number of hydrogen-bond donors (Lipinski definition) is 1. The van der Waals surface area contributed by atoms with Crippen LogP contribution >= 0.6 is 22.9 Å². The van der Waals surface area contributed by atoms with Crippen LogP contribution in [0.25, 0.3) is 0 Å². The summed E-state index contributed by atoms with van der Waals surface area (Å²) in [5.41, 5.74) is 0.0867. The monoisotopic (exact) mass is 296 g/mol. The van der Waals surface area contributed by atoms with Gasteiger partial charge in [-0.25, -0.2) is 0 Å². The normalized spacial score (nSPS) is 10.2. The minimum absolute atomic E-state index is 0.0474. The van der Waals surface area contributed by atoms with E-state index in [0.717, 1.165) is 4.88 Å². The van der Waals surface area contributed by atoms with Crippen molar-refractivity contribution in [2.45, 2.75) is 6.54 Å². The molecule has 1 N–H and O–H groups in total. The third-order valence-corrected chi connectivity index (χ3v) is 3.59.